The number of aromatic carboxylic acids is 1. The highest BCUT2D eigenvalue weighted by atomic mass is 32.2. The number of halogens is 2. The predicted molar refractivity (Wildman–Crippen MR) is 69.4 cm³/mol. The summed E-state index contributed by atoms with van der Waals surface area (Å²) in [5.74, 6) is -4.99. The van der Waals surface area contributed by atoms with Crippen molar-refractivity contribution in [3.05, 3.63) is 29.3 Å². The minimum absolute atomic E-state index is 0.0960. The highest BCUT2D eigenvalue weighted by molar-refractivity contribution is 7.89. The lowest BCUT2D eigenvalue weighted by Gasteiger charge is -2.12. The molecule has 1 aromatic carbocycles. The highest BCUT2D eigenvalue weighted by Gasteiger charge is 2.24. The molecular formula is C12H15F2NO5S. The maximum absolute atomic E-state index is 13.6. The van der Waals surface area contributed by atoms with Crippen molar-refractivity contribution in [3.63, 3.8) is 0 Å². The third-order valence-corrected chi connectivity index (χ3v) is 4.20. The smallest absolute Gasteiger partial charge is 0.335 e. The first-order chi connectivity index (χ1) is 9.69. The van der Waals surface area contributed by atoms with Crippen molar-refractivity contribution in [1.29, 1.82) is 0 Å². The van der Waals surface area contributed by atoms with Crippen LogP contribution in [0.15, 0.2) is 17.0 Å². The molecule has 0 spiro atoms. The summed E-state index contributed by atoms with van der Waals surface area (Å²) in [5, 5.41) is 17.5. The Hall–Kier alpha value is -1.58. The number of aliphatic hydroxyl groups excluding tert-OH is 1. The Morgan fingerprint density at radius 3 is 2.52 bits per heavy atom. The van der Waals surface area contributed by atoms with E-state index in [4.69, 9.17) is 10.2 Å². The zero-order valence-electron chi connectivity index (χ0n) is 11.1. The zero-order valence-corrected chi connectivity index (χ0v) is 12.0. The van der Waals surface area contributed by atoms with Gasteiger partial charge in [-0.2, -0.15) is 0 Å². The summed E-state index contributed by atoms with van der Waals surface area (Å²) in [6.45, 7) is 1.42. The van der Waals surface area contributed by atoms with Crippen molar-refractivity contribution in [2.75, 3.05) is 13.2 Å². The van der Waals surface area contributed by atoms with E-state index >= 15 is 0 Å². The molecule has 0 amide bonds. The Bertz CT molecular complexity index is 633. The molecule has 0 fully saturated rings. The first kappa shape index (κ1) is 17.5. The maximum Gasteiger partial charge on any atom is 0.335 e. The van der Waals surface area contributed by atoms with Gasteiger partial charge in [0.1, 0.15) is 4.90 Å². The molecule has 1 atom stereocenters. The molecule has 1 aromatic rings. The molecule has 0 aliphatic rings. The molecule has 118 valence electrons. The topological polar surface area (TPSA) is 104 Å². The predicted octanol–water partition coefficient (Wildman–Crippen LogP) is 0.960. The van der Waals surface area contributed by atoms with Crippen LogP contribution in [-0.2, 0) is 10.0 Å². The number of nitrogens with one attached hydrogen (secondary N) is 1. The fourth-order valence-electron chi connectivity index (χ4n) is 1.54. The maximum atomic E-state index is 13.6. The van der Waals surface area contributed by atoms with Gasteiger partial charge in [0.15, 0.2) is 11.6 Å². The lowest BCUT2D eigenvalue weighted by Crippen LogP contribution is -2.30. The lowest BCUT2D eigenvalue weighted by atomic mass is 10.1. The zero-order chi connectivity index (χ0) is 16.2. The van der Waals surface area contributed by atoms with Crippen LogP contribution in [0.5, 0.6) is 0 Å². The van der Waals surface area contributed by atoms with Gasteiger partial charge in [-0.05, 0) is 24.5 Å². The number of rotatable bonds is 7. The second-order valence-electron chi connectivity index (χ2n) is 4.54. The van der Waals surface area contributed by atoms with Crippen LogP contribution in [-0.4, -0.2) is 37.8 Å². The summed E-state index contributed by atoms with van der Waals surface area (Å²) in [7, 11) is -4.39. The molecule has 1 rings (SSSR count). The van der Waals surface area contributed by atoms with Gasteiger partial charge in [-0.1, -0.05) is 6.92 Å². The number of sulfonamides is 1. The number of benzene rings is 1. The van der Waals surface area contributed by atoms with Gasteiger partial charge >= 0.3 is 5.97 Å². The first-order valence-corrected chi connectivity index (χ1v) is 7.50. The number of carboxylic acids is 1. The summed E-state index contributed by atoms with van der Waals surface area (Å²) in [5.41, 5.74) is -0.669. The molecule has 0 radical (unpaired) electrons. The van der Waals surface area contributed by atoms with Crippen molar-refractivity contribution < 1.29 is 32.2 Å². The van der Waals surface area contributed by atoms with Crippen LogP contribution in [0, 0.1) is 17.6 Å². The van der Waals surface area contributed by atoms with Crippen LogP contribution < -0.4 is 4.72 Å². The third kappa shape index (κ3) is 4.45. The Balaban J connectivity index is 3.10. The minimum atomic E-state index is -4.39. The molecule has 0 heterocycles. The number of carbonyl (C=O) groups is 1. The second-order valence-corrected chi connectivity index (χ2v) is 6.28. The molecule has 0 bridgehead atoms. The van der Waals surface area contributed by atoms with E-state index in [0.717, 1.165) is 0 Å². The van der Waals surface area contributed by atoms with E-state index < -0.39 is 38.1 Å². The van der Waals surface area contributed by atoms with Crippen LogP contribution in [0.25, 0.3) is 0 Å². The Kier molecular flexibility index (Phi) is 5.76. The van der Waals surface area contributed by atoms with Crippen LogP contribution >= 0.6 is 0 Å². The normalized spacial score (nSPS) is 13.1. The van der Waals surface area contributed by atoms with Crippen LogP contribution in [0.2, 0.25) is 0 Å². The monoisotopic (exact) mass is 323 g/mol. The standard InChI is InChI=1S/C12H15F2NO5S/c1-7(2-3-16)6-15-21(19,20)10-5-8(12(17)18)4-9(13)11(10)14/h4-5,7,15-16H,2-3,6H2,1H3,(H,17,18). The second kappa shape index (κ2) is 6.92. The summed E-state index contributed by atoms with van der Waals surface area (Å²) >= 11 is 0. The summed E-state index contributed by atoms with van der Waals surface area (Å²) in [4.78, 5) is 9.70. The fourth-order valence-corrected chi connectivity index (χ4v) is 2.81. The quantitative estimate of drug-likeness (QED) is 0.693. The van der Waals surface area contributed by atoms with Gasteiger partial charge in [0.2, 0.25) is 10.0 Å². The fraction of sp³-hybridized carbons (Fsp3) is 0.417. The van der Waals surface area contributed by atoms with Crippen LogP contribution in [0.3, 0.4) is 0 Å². The molecule has 0 aliphatic carbocycles. The van der Waals surface area contributed by atoms with Gasteiger partial charge in [-0.15, -0.1) is 0 Å². The third-order valence-electron chi connectivity index (χ3n) is 2.78. The van der Waals surface area contributed by atoms with E-state index in [2.05, 4.69) is 4.72 Å². The average molecular weight is 323 g/mol. The first-order valence-electron chi connectivity index (χ1n) is 6.02. The number of carboxylic acid groups (broad SMARTS) is 1. The van der Waals surface area contributed by atoms with Gasteiger partial charge in [0.25, 0.3) is 0 Å². The molecule has 3 N–H and O–H groups in total. The molecule has 9 heteroatoms. The molecule has 0 aromatic heterocycles. The van der Waals surface area contributed by atoms with Gasteiger partial charge < -0.3 is 10.2 Å². The van der Waals surface area contributed by atoms with Crippen molar-refractivity contribution in [2.24, 2.45) is 5.92 Å². The molecular weight excluding hydrogens is 308 g/mol. The SMILES string of the molecule is CC(CCO)CNS(=O)(=O)c1cc(C(=O)O)cc(F)c1F. The molecule has 0 saturated carbocycles. The Morgan fingerprint density at radius 2 is 2.00 bits per heavy atom. The number of hydrogen-bond donors (Lipinski definition) is 3. The van der Waals surface area contributed by atoms with Gasteiger partial charge in [-0.25, -0.2) is 26.7 Å². The Morgan fingerprint density at radius 1 is 1.38 bits per heavy atom. The van der Waals surface area contributed by atoms with E-state index in [1.807, 2.05) is 0 Å². The van der Waals surface area contributed by atoms with Gasteiger partial charge in [0, 0.05) is 13.2 Å². The van der Waals surface area contributed by atoms with Gasteiger partial charge in [-0.3, -0.25) is 0 Å². The van der Waals surface area contributed by atoms with E-state index in [0.29, 0.717) is 18.6 Å². The highest BCUT2D eigenvalue weighted by Crippen LogP contribution is 2.20. The molecule has 6 nitrogen and oxygen atoms in total. The van der Waals surface area contributed by atoms with Crippen molar-refractivity contribution in [2.45, 2.75) is 18.2 Å². The number of hydrogen-bond acceptors (Lipinski definition) is 4. The van der Waals surface area contributed by atoms with E-state index in [1.165, 1.54) is 0 Å². The molecule has 0 aliphatic heterocycles. The van der Waals surface area contributed by atoms with E-state index in [1.54, 1.807) is 6.92 Å². The van der Waals surface area contributed by atoms with Crippen molar-refractivity contribution in [3.8, 4) is 0 Å². The average Bonchev–Trinajstić information content (AvgIpc) is 2.39. The van der Waals surface area contributed by atoms with E-state index in [-0.39, 0.29) is 19.1 Å². The molecule has 1 unspecified atom stereocenters. The number of aliphatic hydroxyl groups is 1. The van der Waals surface area contributed by atoms with Crippen LogP contribution in [0.4, 0.5) is 8.78 Å². The van der Waals surface area contributed by atoms with E-state index in [9.17, 15) is 22.0 Å². The lowest BCUT2D eigenvalue weighted by molar-refractivity contribution is 0.0696. The van der Waals surface area contributed by atoms with Gasteiger partial charge in [0.05, 0.1) is 5.56 Å². The van der Waals surface area contributed by atoms with Crippen LogP contribution in [0.1, 0.15) is 23.7 Å². The van der Waals surface area contributed by atoms with Crippen molar-refractivity contribution >= 4 is 16.0 Å². The Labute approximate surface area is 120 Å². The summed E-state index contributed by atoms with van der Waals surface area (Å²) in [6, 6.07) is 0.963. The largest absolute Gasteiger partial charge is 0.478 e. The summed E-state index contributed by atoms with van der Waals surface area (Å²) < 4.78 is 52.8. The molecule has 21 heavy (non-hydrogen) atoms. The summed E-state index contributed by atoms with van der Waals surface area (Å²) in [6.07, 6.45) is 0.328. The molecule has 0 saturated heterocycles. The van der Waals surface area contributed by atoms with Crippen molar-refractivity contribution in [1.82, 2.24) is 4.72 Å². The minimum Gasteiger partial charge on any atom is -0.478 e.